The van der Waals surface area contributed by atoms with E-state index in [0.29, 0.717) is 16.3 Å². The Kier molecular flexibility index (Phi) is 3.63. The van der Waals surface area contributed by atoms with Crippen LogP contribution in [-0.2, 0) is 10.0 Å². The molecule has 1 heterocycles. The molecule has 0 bridgehead atoms. The standard InChI is InChI=1S/C11H12N4O2S2/c1-7-4-5-13-11(14-7)15-19(16,17)8-2-3-9(12)10(18)6-8/h2-6,18H,12H2,1H3,(H,13,14,15). The van der Waals surface area contributed by atoms with Gasteiger partial charge in [-0.1, -0.05) is 0 Å². The van der Waals surface area contributed by atoms with Gasteiger partial charge in [-0.15, -0.1) is 12.6 Å². The van der Waals surface area contributed by atoms with E-state index in [1.54, 1.807) is 13.0 Å². The molecule has 0 aliphatic heterocycles. The van der Waals surface area contributed by atoms with Gasteiger partial charge in [0.1, 0.15) is 0 Å². The van der Waals surface area contributed by atoms with Crippen LogP contribution in [0.3, 0.4) is 0 Å². The first-order chi connectivity index (χ1) is 8.88. The fourth-order valence-electron chi connectivity index (χ4n) is 1.37. The Balaban J connectivity index is 2.35. The van der Waals surface area contributed by atoms with Gasteiger partial charge in [-0.25, -0.2) is 23.1 Å². The van der Waals surface area contributed by atoms with E-state index in [9.17, 15) is 8.42 Å². The first-order valence-electron chi connectivity index (χ1n) is 5.29. The lowest BCUT2D eigenvalue weighted by atomic mass is 10.3. The van der Waals surface area contributed by atoms with Crippen molar-refractivity contribution in [3.63, 3.8) is 0 Å². The van der Waals surface area contributed by atoms with Crippen molar-refractivity contribution >= 4 is 34.3 Å². The largest absolute Gasteiger partial charge is 0.398 e. The fourth-order valence-corrected chi connectivity index (χ4v) is 2.65. The van der Waals surface area contributed by atoms with E-state index in [4.69, 9.17) is 5.73 Å². The predicted octanol–water partition coefficient (Wildman–Crippen LogP) is 1.46. The van der Waals surface area contributed by atoms with Gasteiger partial charge in [0.05, 0.1) is 4.90 Å². The van der Waals surface area contributed by atoms with Gasteiger partial charge in [-0.2, -0.15) is 0 Å². The highest BCUT2D eigenvalue weighted by atomic mass is 32.2. The molecule has 0 saturated heterocycles. The van der Waals surface area contributed by atoms with E-state index in [1.165, 1.54) is 24.4 Å². The number of anilines is 2. The number of thiol groups is 1. The van der Waals surface area contributed by atoms with E-state index < -0.39 is 10.0 Å². The van der Waals surface area contributed by atoms with E-state index in [2.05, 4.69) is 27.3 Å². The number of rotatable bonds is 3. The summed E-state index contributed by atoms with van der Waals surface area (Å²) in [5, 5.41) is 0. The summed E-state index contributed by atoms with van der Waals surface area (Å²) < 4.78 is 26.5. The third-order valence-electron chi connectivity index (χ3n) is 2.33. The number of benzene rings is 1. The third kappa shape index (κ3) is 3.15. The quantitative estimate of drug-likeness (QED) is 0.588. The van der Waals surface area contributed by atoms with Crippen molar-refractivity contribution in [1.82, 2.24) is 9.97 Å². The molecule has 100 valence electrons. The molecule has 0 aliphatic carbocycles. The minimum absolute atomic E-state index is 0.0255. The maximum atomic E-state index is 12.1. The second kappa shape index (κ2) is 5.06. The highest BCUT2D eigenvalue weighted by Gasteiger charge is 2.16. The average Bonchev–Trinajstić information content (AvgIpc) is 2.32. The van der Waals surface area contributed by atoms with Crippen molar-refractivity contribution in [2.45, 2.75) is 16.7 Å². The topological polar surface area (TPSA) is 98.0 Å². The van der Waals surface area contributed by atoms with E-state index >= 15 is 0 Å². The molecule has 0 unspecified atom stereocenters. The second-order valence-corrected chi connectivity index (χ2v) is 6.01. The lowest BCUT2D eigenvalue weighted by Gasteiger charge is -2.08. The molecule has 8 heteroatoms. The predicted molar refractivity (Wildman–Crippen MR) is 75.7 cm³/mol. The molecule has 0 radical (unpaired) electrons. The van der Waals surface area contributed by atoms with Crippen molar-refractivity contribution < 1.29 is 8.42 Å². The van der Waals surface area contributed by atoms with Crippen LogP contribution in [0.2, 0.25) is 0 Å². The van der Waals surface area contributed by atoms with Gasteiger partial charge >= 0.3 is 0 Å². The van der Waals surface area contributed by atoms with Crippen LogP contribution >= 0.6 is 12.6 Å². The van der Waals surface area contributed by atoms with Crippen molar-refractivity contribution in [2.24, 2.45) is 0 Å². The number of sulfonamides is 1. The minimum atomic E-state index is -3.75. The fraction of sp³-hybridized carbons (Fsp3) is 0.0909. The van der Waals surface area contributed by atoms with Crippen LogP contribution in [0.25, 0.3) is 0 Å². The summed E-state index contributed by atoms with van der Waals surface area (Å²) in [5.74, 6) is 0.0255. The van der Waals surface area contributed by atoms with Crippen LogP contribution < -0.4 is 10.5 Å². The van der Waals surface area contributed by atoms with Crippen LogP contribution in [0.4, 0.5) is 11.6 Å². The van der Waals surface area contributed by atoms with Gasteiger partial charge in [-0.3, -0.25) is 0 Å². The highest BCUT2D eigenvalue weighted by Crippen LogP contribution is 2.22. The SMILES string of the molecule is Cc1ccnc(NS(=O)(=O)c2ccc(N)c(S)c2)n1. The van der Waals surface area contributed by atoms with E-state index in [0.717, 1.165) is 0 Å². The molecule has 0 aliphatic rings. The molecular formula is C11H12N4O2S2. The first kappa shape index (κ1) is 13.6. The number of hydrogen-bond donors (Lipinski definition) is 3. The lowest BCUT2D eigenvalue weighted by Crippen LogP contribution is -2.15. The number of aromatic nitrogens is 2. The molecule has 2 rings (SSSR count). The van der Waals surface area contributed by atoms with Crippen molar-refractivity contribution in [3.05, 3.63) is 36.2 Å². The minimum Gasteiger partial charge on any atom is -0.398 e. The molecule has 2 aromatic rings. The van der Waals surface area contributed by atoms with Gasteiger partial charge < -0.3 is 5.73 Å². The van der Waals surface area contributed by atoms with Crippen molar-refractivity contribution in [2.75, 3.05) is 10.5 Å². The molecule has 1 aromatic carbocycles. The Morgan fingerprint density at radius 3 is 2.68 bits per heavy atom. The Morgan fingerprint density at radius 1 is 1.32 bits per heavy atom. The summed E-state index contributed by atoms with van der Waals surface area (Å²) in [4.78, 5) is 8.27. The third-order valence-corrected chi connectivity index (χ3v) is 4.05. The van der Waals surface area contributed by atoms with Crippen LogP contribution in [0.1, 0.15) is 5.69 Å². The van der Waals surface area contributed by atoms with Crippen LogP contribution in [-0.4, -0.2) is 18.4 Å². The molecule has 3 N–H and O–H groups in total. The molecule has 0 amide bonds. The second-order valence-electron chi connectivity index (χ2n) is 3.85. The smallest absolute Gasteiger partial charge is 0.264 e. The molecule has 0 fully saturated rings. The number of hydrogen-bond acceptors (Lipinski definition) is 6. The Morgan fingerprint density at radius 2 is 2.05 bits per heavy atom. The lowest BCUT2D eigenvalue weighted by molar-refractivity contribution is 0.600. The first-order valence-corrected chi connectivity index (χ1v) is 7.22. The van der Waals surface area contributed by atoms with Gasteiger partial charge in [0.15, 0.2) is 0 Å². The maximum absolute atomic E-state index is 12.1. The Labute approximate surface area is 116 Å². The summed E-state index contributed by atoms with van der Waals surface area (Å²) >= 11 is 4.09. The van der Waals surface area contributed by atoms with Gasteiger partial charge in [0, 0.05) is 22.5 Å². The van der Waals surface area contributed by atoms with E-state index in [1.807, 2.05) is 0 Å². The zero-order chi connectivity index (χ0) is 14.0. The maximum Gasteiger partial charge on any atom is 0.264 e. The zero-order valence-corrected chi connectivity index (χ0v) is 11.7. The number of nitrogens with two attached hydrogens (primary N) is 1. The number of nitrogen functional groups attached to an aromatic ring is 1. The summed E-state index contributed by atoms with van der Waals surface area (Å²) in [5.41, 5.74) is 6.67. The molecule has 1 aromatic heterocycles. The summed E-state index contributed by atoms with van der Waals surface area (Å²) in [6, 6.07) is 5.92. The molecule has 6 nitrogen and oxygen atoms in total. The van der Waals surface area contributed by atoms with Crippen molar-refractivity contribution in [1.29, 1.82) is 0 Å². The molecular weight excluding hydrogens is 284 g/mol. The summed E-state index contributed by atoms with van der Waals surface area (Å²) in [7, 11) is -3.75. The Hall–Kier alpha value is -1.80. The monoisotopic (exact) mass is 296 g/mol. The highest BCUT2D eigenvalue weighted by molar-refractivity contribution is 7.92. The molecule has 0 spiro atoms. The summed E-state index contributed by atoms with van der Waals surface area (Å²) in [6.07, 6.45) is 1.48. The number of aryl methyl sites for hydroxylation is 1. The number of nitrogens with zero attached hydrogens (tertiary/aromatic N) is 2. The Bertz CT molecular complexity index is 716. The van der Waals surface area contributed by atoms with Gasteiger partial charge in [0.25, 0.3) is 10.0 Å². The van der Waals surface area contributed by atoms with Crippen LogP contribution in [0, 0.1) is 6.92 Å². The normalized spacial score (nSPS) is 11.3. The summed E-state index contributed by atoms with van der Waals surface area (Å²) in [6.45, 7) is 1.74. The molecule has 0 atom stereocenters. The average molecular weight is 296 g/mol. The van der Waals surface area contributed by atoms with Crippen LogP contribution in [0.5, 0.6) is 0 Å². The van der Waals surface area contributed by atoms with Crippen LogP contribution in [0.15, 0.2) is 40.3 Å². The van der Waals surface area contributed by atoms with Crippen molar-refractivity contribution in [3.8, 4) is 0 Å². The van der Waals surface area contributed by atoms with E-state index in [-0.39, 0.29) is 10.8 Å². The molecule has 19 heavy (non-hydrogen) atoms. The zero-order valence-electron chi connectivity index (χ0n) is 10.0. The van der Waals surface area contributed by atoms with Gasteiger partial charge in [0.2, 0.25) is 5.95 Å². The van der Waals surface area contributed by atoms with Gasteiger partial charge in [-0.05, 0) is 31.2 Å². The molecule has 0 saturated carbocycles. The number of nitrogens with one attached hydrogen (secondary N) is 1.